The largest absolute Gasteiger partial charge is 0.375 e. The SMILES string of the molecule is C=C(CC)N1CCC(N2CCCCC2)CC1.C=O.CC.Cc1ccc(C)cc1.O=CN1CCCCC1. The molecule has 0 bridgehead atoms. The van der Waals surface area contributed by atoms with Gasteiger partial charge in [0.2, 0.25) is 6.41 Å². The quantitative estimate of drug-likeness (QED) is 0.434. The van der Waals surface area contributed by atoms with Crippen molar-refractivity contribution in [1.82, 2.24) is 14.7 Å². The van der Waals surface area contributed by atoms with Crippen molar-refractivity contribution in [2.45, 2.75) is 98.4 Å². The molecule has 1 aromatic rings. The number of hydrogen-bond acceptors (Lipinski definition) is 4. The highest BCUT2D eigenvalue weighted by molar-refractivity contribution is 5.46. The lowest BCUT2D eigenvalue weighted by Crippen LogP contribution is -2.46. The lowest BCUT2D eigenvalue weighted by molar-refractivity contribution is -0.118. The van der Waals surface area contributed by atoms with Crippen LogP contribution in [-0.4, -0.2) is 73.2 Å². The Kier molecular flexibility index (Phi) is 20.8. The van der Waals surface area contributed by atoms with E-state index in [0.717, 1.165) is 32.0 Å². The van der Waals surface area contributed by atoms with E-state index in [0.29, 0.717) is 0 Å². The van der Waals surface area contributed by atoms with E-state index in [-0.39, 0.29) is 0 Å². The van der Waals surface area contributed by atoms with Crippen LogP contribution in [-0.2, 0) is 9.59 Å². The second-order valence-corrected chi connectivity index (χ2v) is 9.59. The Labute approximate surface area is 222 Å². The molecule has 0 aromatic heterocycles. The molecule has 4 rings (SSSR count). The molecule has 3 saturated heterocycles. The van der Waals surface area contributed by atoms with Crippen LogP contribution in [0.15, 0.2) is 36.5 Å². The van der Waals surface area contributed by atoms with Crippen LogP contribution in [0, 0.1) is 13.8 Å². The highest BCUT2D eigenvalue weighted by Crippen LogP contribution is 2.23. The van der Waals surface area contributed by atoms with E-state index >= 15 is 0 Å². The molecule has 0 atom stereocenters. The standard InChI is InChI=1S/C14H26N2.C8H10.C6H11NO.C2H6.CH2O/c1-3-13(2)15-11-7-14(8-12-15)16-9-5-4-6-10-16;1-7-3-5-8(2)6-4-7;8-6-7-4-2-1-3-5-7;2*1-2/h14H,2-12H2,1H3;3-6H,1-2H3;6H,1-5H2;1-2H3;1H2. The molecule has 1 amide bonds. The van der Waals surface area contributed by atoms with Crippen LogP contribution in [0.5, 0.6) is 0 Å². The first-order valence-electron chi connectivity index (χ1n) is 14.2. The van der Waals surface area contributed by atoms with Gasteiger partial charge in [-0.1, -0.05) is 69.2 Å². The normalized spacial score (nSPS) is 17.9. The second-order valence-electron chi connectivity index (χ2n) is 9.59. The average Bonchev–Trinajstić information content (AvgIpc) is 2.98. The van der Waals surface area contributed by atoms with Gasteiger partial charge >= 0.3 is 0 Å². The van der Waals surface area contributed by atoms with Crippen LogP contribution in [0.4, 0.5) is 0 Å². The summed E-state index contributed by atoms with van der Waals surface area (Å²) < 4.78 is 0. The number of aryl methyl sites for hydroxylation is 2. The molecule has 3 aliphatic rings. The lowest BCUT2D eigenvalue weighted by Gasteiger charge is -2.41. The van der Waals surface area contributed by atoms with E-state index in [2.05, 4.69) is 61.4 Å². The molecule has 0 saturated carbocycles. The maximum Gasteiger partial charge on any atom is 0.209 e. The van der Waals surface area contributed by atoms with Crippen LogP contribution >= 0.6 is 0 Å². The third kappa shape index (κ3) is 14.4. The number of nitrogens with zero attached hydrogens (tertiary/aromatic N) is 3. The summed E-state index contributed by atoms with van der Waals surface area (Å²) in [5.41, 5.74) is 3.99. The van der Waals surface area contributed by atoms with Gasteiger partial charge in [0, 0.05) is 37.9 Å². The molecule has 5 heteroatoms. The Hall–Kier alpha value is -2.14. The first kappa shape index (κ1) is 33.9. The van der Waals surface area contributed by atoms with Crippen LogP contribution in [0.25, 0.3) is 0 Å². The van der Waals surface area contributed by atoms with E-state index < -0.39 is 0 Å². The van der Waals surface area contributed by atoms with Gasteiger partial charge < -0.3 is 19.5 Å². The Balaban J connectivity index is 0.000000518. The Morgan fingerprint density at radius 1 is 0.806 bits per heavy atom. The molecule has 36 heavy (non-hydrogen) atoms. The number of amides is 1. The second kappa shape index (κ2) is 22.1. The molecular formula is C31H55N3O2. The van der Waals surface area contributed by atoms with E-state index in [9.17, 15) is 4.79 Å². The molecule has 5 nitrogen and oxygen atoms in total. The van der Waals surface area contributed by atoms with Crippen LogP contribution in [0.3, 0.4) is 0 Å². The van der Waals surface area contributed by atoms with Crippen molar-refractivity contribution in [2.75, 3.05) is 39.3 Å². The third-order valence-electron chi connectivity index (χ3n) is 6.98. The fourth-order valence-corrected chi connectivity index (χ4v) is 4.72. The fraction of sp³-hybridized carbons (Fsp3) is 0.677. The zero-order valence-corrected chi connectivity index (χ0v) is 24.1. The summed E-state index contributed by atoms with van der Waals surface area (Å²) >= 11 is 0. The van der Waals surface area contributed by atoms with Crippen molar-refractivity contribution < 1.29 is 9.59 Å². The van der Waals surface area contributed by atoms with Crippen molar-refractivity contribution in [3.8, 4) is 0 Å². The minimum atomic E-state index is 0.862. The first-order chi connectivity index (χ1) is 17.5. The van der Waals surface area contributed by atoms with Crippen molar-refractivity contribution in [2.24, 2.45) is 0 Å². The minimum Gasteiger partial charge on any atom is -0.375 e. The molecule has 0 N–H and O–H groups in total. The summed E-state index contributed by atoms with van der Waals surface area (Å²) in [6.45, 7) is 23.7. The Morgan fingerprint density at radius 3 is 1.58 bits per heavy atom. The number of likely N-dealkylation sites (tertiary alicyclic amines) is 3. The van der Waals surface area contributed by atoms with E-state index in [1.54, 1.807) is 0 Å². The van der Waals surface area contributed by atoms with Crippen molar-refractivity contribution in [3.05, 3.63) is 47.7 Å². The molecule has 3 fully saturated rings. The smallest absolute Gasteiger partial charge is 0.209 e. The summed E-state index contributed by atoms with van der Waals surface area (Å²) in [5.74, 6) is 0. The summed E-state index contributed by atoms with van der Waals surface area (Å²) in [5, 5.41) is 0. The number of hydrogen-bond donors (Lipinski definition) is 0. The molecular weight excluding hydrogens is 446 g/mol. The van der Waals surface area contributed by atoms with Crippen molar-refractivity contribution in [1.29, 1.82) is 0 Å². The van der Waals surface area contributed by atoms with Gasteiger partial charge in [0.15, 0.2) is 0 Å². The number of carbonyl (C=O) groups excluding carboxylic acids is 2. The number of carbonyl (C=O) groups is 2. The minimum absolute atomic E-state index is 0.862. The molecule has 0 unspecified atom stereocenters. The summed E-state index contributed by atoms with van der Waals surface area (Å²) in [4.78, 5) is 25.1. The fourth-order valence-electron chi connectivity index (χ4n) is 4.72. The molecule has 0 radical (unpaired) electrons. The molecule has 3 heterocycles. The number of benzene rings is 1. The Bertz CT molecular complexity index is 636. The topological polar surface area (TPSA) is 43.9 Å². The molecule has 0 spiro atoms. The van der Waals surface area contributed by atoms with Gasteiger partial charge in [-0.2, -0.15) is 0 Å². The van der Waals surface area contributed by atoms with E-state index in [1.807, 2.05) is 25.5 Å². The van der Waals surface area contributed by atoms with Crippen LogP contribution < -0.4 is 0 Å². The first-order valence-corrected chi connectivity index (χ1v) is 14.2. The summed E-state index contributed by atoms with van der Waals surface area (Å²) in [6, 6.07) is 9.34. The molecule has 0 aliphatic carbocycles. The van der Waals surface area contributed by atoms with Gasteiger partial charge in [-0.25, -0.2) is 0 Å². The predicted octanol–water partition coefficient (Wildman–Crippen LogP) is 6.63. The highest BCUT2D eigenvalue weighted by Gasteiger charge is 2.25. The Morgan fingerprint density at radius 2 is 1.22 bits per heavy atom. The van der Waals surface area contributed by atoms with Gasteiger partial charge in [-0.05, 0) is 78.3 Å². The molecule has 1 aromatic carbocycles. The zero-order chi connectivity index (χ0) is 27.2. The number of rotatable bonds is 4. The van der Waals surface area contributed by atoms with Gasteiger partial charge in [0.1, 0.15) is 6.79 Å². The van der Waals surface area contributed by atoms with E-state index in [1.165, 1.54) is 94.4 Å². The van der Waals surface area contributed by atoms with E-state index in [4.69, 9.17) is 4.79 Å². The monoisotopic (exact) mass is 501 g/mol. The van der Waals surface area contributed by atoms with Gasteiger partial charge in [0.25, 0.3) is 0 Å². The molecule has 3 aliphatic heterocycles. The van der Waals surface area contributed by atoms with Gasteiger partial charge in [0.05, 0.1) is 0 Å². The van der Waals surface area contributed by atoms with Crippen molar-refractivity contribution >= 4 is 13.2 Å². The zero-order valence-electron chi connectivity index (χ0n) is 24.1. The number of allylic oxidation sites excluding steroid dienone is 1. The lowest BCUT2D eigenvalue weighted by atomic mass is 9.99. The summed E-state index contributed by atoms with van der Waals surface area (Å²) in [6.07, 6.45) is 12.7. The average molecular weight is 502 g/mol. The number of piperidine rings is 3. The van der Waals surface area contributed by atoms with Crippen LogP contribution in [0.1, 0.15) is 89.7 Å². The van der Waals surface area contributed by atoms with Crippen molar-refractivity contribution in [3.63, 3.8) is 0 Å². The van der Waals surface area contributed by atoms with Crippen LogP contribution in [0.2, 0.25) is 0 Å². The van der Waals surface area contributed by atoms with Gasteiger partial charge in [-0.15, -0.1) is 0 Å². The highest BCUT2D eigenvalue weighted by atomic mass is 16.1. The summed E-state index contributed by atoms with van der Waals surface area (Å²) in [7, 11) is 0. The maximum absolute atomic E-state index is 10.1. The third-order valence-corrected chi connectivity index (χ3v) is 6.98. The maximum atomic E-state index is 10.1. The molecule has 206 valence electrons. The predicted molar refractivity (Wildman–Crippen MR) is 155 cm³/mol. The van der Waals surface area contributed by atoms with Gasteiger partial charge in [-0.3, -0.25) is 4.79 Å².